The molecule has 19 heavy (non-hydrogen) atoms. The van der Waals surface area contributed by atoms with Gasteiger partial charge < -0.3 is 15.0 Å². The van der Waals surface area contributed by atoms with Crippen molar-refractivity contribution in [3.63, 3.8) is 0 Å². The second kappa shape index (κ2) is 7.68. The molecule has 0 fully saturated rings. The van der Waals surface area contributed by atoms with Crippen LogP contribution in [0.3, 0.4) is 0 Å². The third-order valence-electron chi connectivity index (χ3n) is 2.76. The smallest absolute Gasteiger partial charge is 0.239 e. The standard InChI is InChI=1S/C14H24NO3P/c1-4-18-19(16,5-2)11-17-14-8-6-13(7-9-14)10-12(3)15/h6-9,12H,4-5,10-11,15H2,1-3H3/t12?,19-/m1/s1. The number of benzene rings is 1. The van der Waals surface area contributed by atoms with Gasteiger partial charge in [-0.2, -0.15) is 0 Å². The zero-order chi connectivity index (χ0) is 14.3. The summed E-state index contributed by atoms with van der Waals surface area (Å²) in [4.78, 5) is 0. The van der Waals surface area contributed by atoms with Crippen molar-refractivity contribution in [3.05, 3.63) is 29.8 Å². The van der Waals surface area contributed by atoms with Crippen molar-refractivity contribution in [1.82, 2.24) is 0 Å². The van der Waals surface area contributed by atoms with Gasteiger partial charge in [0.25, 0.3) is 0 Å². The number of hydrogen-bond acceptors (Lipinski definition) is 4. The van der Waals surface area contributed by atoms with E-state index < -0.39 is 7.37 Å². The first-order chi connectivity index (χ1) is 8.99. The van der Waals surface area contributed by atoms with E-state index in [-0.39, 0.29) is 12.4 Å². The molecule has 0 spiro atoms. The number of hydrogen-bond donors (Lipinski definition) is 1. The minimum absolute atomic E-state index is 0.129. The number of rotatable bonds is 8. The van der Waals surface area contributed by atoms with Gasteiger partial charge in [0.05, 0.1) is 6.61 Å². The van der Waals surface area contributed by atoms with E-state index in [9.17, 15) is 4.57 Å². The quantitative estimate of drug-likeness (QED) is 0.745. The van der Waals surface area contributed by atoms with E-state index in [1.807, 2.05) is 45.0 Å². The number of ether oxygens (including phenoxy) is 1. The molecule has 1 unspecified atom stereocenters. The molecule has 0 aliphatic heterocycles. The maximum Gasteiger partial charge on any atom is 0.239 e. The van der Waals surface area contributed by atoms with Crippen molar-refractivity contribution < 1.29 is 13.8 Å². The highest BCUT2D eigenvalue weighted by atomic mass is 31.2. The summed E-state index contributed by atoms with van der Waals surface area (Å²) < 4.78 is 23.0. The molecule has 5 heteroatoms. The van der Waals surface area contributed by atoms with E-state index in [1.165, 1.54) is 5.56 Å². The number of nitrogens with two attached hydrogens (primary N) is 1. The largest absolute Gasteiger partial charge is 0.484 e. The highest BCUT2D eigenvalue weighted by Gasteiger charge is 2.20. The Kier molecular flexibility index (Phi) is 6.56. The lowest BCUT2D eigenvalue weighted by atomic mass is 10.1. The summed E-state index contributed by atoms with van der Waals surface area (Å²) in [6.07, 6.45) is 1.46. The highest BCUT2D eigenvalue weighted by Crippen LogP contribution is 2.46. The molecule has 0 saturated heterocycles. The third-order valence-corrected chi connectivity index (χ3v) is 4.97. The molecule has 0 aliphatic rings. The Morgan fingerprint density at radius 1 is 1.26 bits per heavy atom. The molecule has 1 aromatic rings. The van der Waals surface area contributed by atoms with Crippen LogP contribution in [0.1, 0.15) is 26.3 Å². The second-order valence-corrected chi connectivity index (χ2v) is 7.43. The van der Waals surface area contributed by atoms with E-state index in [1.54, 1.807) is 0 Å². The van der Waals surface area contributed by atoms with Crippen molar-refractivity contribution in [2.45, 2.75) is 33.2 Å². The topological polar surface area (TPSA) is 61.5 Å². The Morgan fingerprint density at radius 2 is 1.89 bits per heavy atom. The molecule has 1 aromatic carbocycles. The van der Waals surface area contributed by atoms with E-state index in [0.717, 1.165) is 6.42 Å². The summed E-state index contributed by atoms with van der Waals surface area (Å²) in [5.41, 5.74) is 6.92. The average molecular weight is 285 g/mol. The monoisotopic (exact) mass is 285 g/mol. The van der Waals surface area contributed by atoms with Gasteiger partial charge in [-0.15, -0.1) is 0 Å². The first kappa shape index (κ1) is 16.2. The first-order valence-electron chi connectivity index (χ1n) is 6.69. The van der Waals surface area contributed by atoms with Crippen molar-refractivity contribution in [2.75, 3.05) is 19.1 Å². The van der Waals surface area contributed by atoms with Gasteiger partial charge in [0.2, 0.25) is 7.37 Å². The zero-order valence-electron chi connectivity index (χ0n) is 12.0. The molecular formula is C14H24NO3P. The molecule has 0 saturated carbocycles. The van der Waals surface area contributed by atoms with Crippen LogP contribution < -0.4 is 10.5 Å². The fourth-order valence-corrected chi connectivity index (χ4v) is 2.98. The summed E-state index contributed by atoms with van der Waals surface area (Å²) in [7, 11) is -2.64. The molecule has 0 amide bonds. The van der Waals surface area contributed by atoms with Gasteiger partial charge in [-0.25, -0.2) is 0 Å². The molecule has 2 atom stereocenters. The average Bonchev–Trinajstić information content (AvgIpc) is 2.38. The van der Waals surface area contributed by atoms with E-state index in [4.69, 9.17) is 15.0 Å². The molecule has 0 radical (unpaired) electrons. The van der Waals surface area contributed by atoms with Crippen LogP contribution in [0.25, 0.3) is 0 Å². The van der Waals surface area contributed by atoms with Crippen LogP contribution in [0.2, 0.25) is 0 Å². The molecule has 0 heterocycles. The maximum atomic E-state index is 12.2. The predicted octanol–water partition coefficient (Wildman–Crippen LogP) is 3.25. The lowest BCUT2D eigenvalue weighted by molar-refractivity contribution is 0.294. The van der Waals surface area contributed by atoms with Crippen molar-refractivity contribution in [2.24, 2.45) is 5.73 Å². The summed E-state index contributed by atoms with van der Waals surface area (Å²) in [5, 5.41) is 0. The SMILES string of the molecule is CCO[P@](=O)(CC)COc1ccc(CC(C)N)cc1. The Balaban J connectivity index is 2.56. The Morgan fingerprint density at radius 3 is 2.37 bits per heavy atom. The summed E-state index contributed by atoms with van der Waals surface area (Å²) in [6, 6.07) is 7.87. The molecule has 4 nitrogen and oxygen atoms in total. The first-order valence-corrected chi connectivity index (χ1v) is 8.68. The van der Waals surface area contributed by atoms with E-state index in [2.05, 4.69) is 0 Å². The van der Waals surface area contributed by atoms with Gasteiger partial charge in [-0.3, -0.25) is 4.57 Å². The minimum atomic E-state index is -2.64. The van der Waals surface area contributed by atoms with Crippen LogP contribution in [0, 0.1) is 0 Å². The lowest BCUT2D eigenvalue weighted by Crippen LogP contribution is -2.17. The van der Waals surface area contributed by atoms with Gasteiger partial charge in [-0.05, 0) is 38.0 Å². The van der Waals surface area contributed by atoms with Crippen LogP contribution in [-0.2, 0) is 15.5 Å². The van der Waals surface area contributed by atoms with Crippen molar-refractivity contribution in [1.29, 1.82) is 0 Å². The van der Waals surface area contributed by atoms with Gasteiger partial charge in [0.15, 0.2) is 6.35 Å². The molecule has 1 rings (SSSR count). The van der Waals surface area contributed by atoms with Crippen LogP contribution in [0.4, 0.5) is 0 Å². The van der Waals surface area contributed by atoms with Crippen molar-refractivity contribution >= 4 is 7.37 Å². The van der Waals surface area contributed by atoms with E-state index in [0.29, 0.717) is 18.5 Å². The predicted molar refractivity (Wildman–Crippen MR) is 79.1 cm³/mol. The Hall–Kier alpha value is -0.830. The normalized spacial score (nSPS) is 15.8. The molecule has 0 aromatic heterocycles. The van der Waals surface area contributed by atoms with Crippen LogP contribution in [0.5, 0.6) is 5.75 Å². The Bertz CT molecular complexity index is 417. The maximum absolute atomic E-state index is 12.2. The van der Waals surface area contributed by atoms with Crippen LogP contribution >= 0.6 is 7.37 Å². The summed E-state index contributed by atoms with van der Waals surface area (Å²) >= 11 is 0. The van der Waals surface area contributed by atoms with Gasteiger partial charge in [-0.1, -0.05) is 19.1 Å². The third kappa shape index (κ3) is 5.77. The van der Waals surface area contributed by atoms with Crippen LogP contribution in [-0.4, -0.2) is 25.2 Å². The summed E-state index contributed by atoms with van der Waals surface area (Å²) in [5.74, 6) is 0.710. The molecule has 0 aliphatic carbocycles. The summed E-state index contributed by atoms with van der Waals surface area (Å²) in [6.45, 7) is 6.11. The fraction of sp³-hybridized carbons (Fsp3) is 0.571. The van der Waals surface area contributed by atoms with Crippen LogP contribution in [0.15, 0.2) is 24.3 Å². The second-order valence-electron chi connectivity index (χ2n) is 4.65. The van der Waals surface area contributed by atoms with Gasteiger partial charge >= 0.3 is 0 Å². The molecule has 108 valence electrons. The minimum Gasteiger partial charge on any atom is -0.484 e. The lowest BCUT2D eigenvalue weighted by Gasteiger charge is -2.16. The molecular weight excluding hydrogens is 261 g/mol. The molecule has 0 bridgehead atoms. The fourth-order valence-electron chi connectivity index (χ4n) is 1.72. The zero-order valence-corrected chi connectivity index (χ0v) is 12.9. The Labute approximate surface area is 115 Å². The highest BCUT2D eigenvalue weighted by molar-refractivity contribution is 7.58. The molecule has 2 N–H and O–H groups in total. The van der Waals surface area contributed by atoms with Crippen molar-refractivity contribution in [3.8, 4) is 5.75 Å². The van der Waals surface area contributed by atoms with Gasteiger partial charge in [0, 0.05) is 12.2 Å². The van der Waals surface area contributed by atoms with Gasteiger partial charge in [0.1, 0.15) is 5.75 Å². The van der Waals surface area contributed by atoms with E-state index >= 15 is 0 Å².